The van der Waals surface area contributed by atoms with Crippen LogP contribution < -0.4 is 16.4 Å². The van der Waals surface area contributed by atoms with Crippen molar-refractivity contribution in [2.45, 2.75) is 0 Å². The Balaban J connectivity index is 2.61. The SMILES string of the molecule is C=C1NCCN/C1=C/C=C\N. The molecule has 0 aromatic heterocycles. The third-order valence-corrected chi connectivity index (χ3v) is 1.48. The fraction of sp³-hybridized carbons (Fsp3) is 0.250. The number of allylic oxidation sites excluding steroid dienone is 2. The lowest BCUT2D eigenvalue weighted by Crippen LogP contribution is -2.35. The van der Waals surface area contributed by atoms with Gasteiger partial charge in [-0.05, 0) is 18.4 Å². The minimum Gasteiger partial charge on any atom is -0.405 e. The van der Waals surface area contributed by atoms with Crippen LogP contribution >= 0.6 is 0 Å². The van der Waals surface area contributed by atoms with Gasteiger partial charge in [0.25, 0.3) is 0 Å². The Kier molecular flexibility index (Phi) is 2.60. The number of hydrogen-bond acceptors (Lipinski definition) is 3. The number of hydrogen-bond donors (Lipinski definition) is 3. The fourth-order valence-corrected chi connectivity index (χ4v) is 0.924. The number of nitrogens with two attached hydrogens (primary N) is 1. The molecule has 1 heterocycles. The van der Waals surface area contributed by atoms with Crippen LogP contribution in [0.15, 0.2) is 36.3 Å². The average Bonchev–Trinajstić information content (AvgIpc) is 2.03. The van der Waals surface area contributed by atoms with Gasteiger partial charge in [0, 0.05) is 13.1 Å². The van der Waals surface area contributed by atoms with Crippen molar-refractivity contribution < 1.29 is 0 Å². The number of rotatable bonds is 1. The summed E-state index contributed by atoms with van der Waals surface area (Å²) in [6.45, 7) is 5.70. The zero-order valence-electron chi connectivity index (χ0n) is 6.43. The van der Waals surface area contributed by atoms with E-state index in [4.69, 9.17) is 5.73 Å². The van der Waals surface area contributed by atoms with Gasteiger partial charge < -0.3 is 16.4 Å². The van der Waals surface area contributed by atoms with E-state index in [1.807, 2.05) is 6.08 Å². The molecule has 0 atom stereocenters. The summed E-state index contributed by atoms with van der Waals surface area (Å²) >= 11 is 0. The van der Waals surface area contributed by atoms with E-state index >= 15 is 0 Å². The molecule has 0 radical (unpaired) electrons. The van der Waals surface area contributed by atoms with E-state index in [9.17, 15) is 0 Å². The monoisotopic (exact) mass is 151 g/mol. The second kappa shape index (κ2) is 3.71. The predicted octanol–water partition coefficient (Wildman–Crippen LogP) is 0.0492. The second-order valence-corrected chi connectivity index (χ2v) is 2.30. The van der Waals surface area contributed by atoms with Crippen molar-refractivity contribution in [1.29, 1.82) is 0 Å². The van der Waals surface area contributed by atoms with Crippen molar-refractivity contribution in [3.05, 3.63) is 36.3 Å². The normalized spacial score (nSPS) is 21.8. The van der Waals surface area contributed by atoms with E-state index in [-0.39, 0.29) is 0 Å². The van der Waals surface area contributed by atoms with Gasteiger partial charge in [-0.2, -0.15) is 0 Å². The standard InChI is InChI=1S/C8H13N3/c1-7-8(3-2-4-9)11-6-5-10-7/h2-4,10-11H,1,5-6,9H2/b4-2-,8-3+. The minimum absolute atomic E-state index is 0.925. The molecule has 1 fully saturated rings. The molecule has 0 spiro atoms. The molecule has 0 amide bonds. The molecule has 11 heavy (non-hydrogen) atoms. The summed E-state index contributed by atoms with van der Waals surface area (Å²) in [6.07, 6.45) is 5.17. The molecule has 0 bridgehead atoms. The maximum Gasteiger partial charge on any atom is 0.0570 e. The highest BCUT2D eigenvalue weighted by Gasteiger charge is 2.04. The quantitative estimate of drug-likeness (QED) is 0.496. The summed E-state index contributed by atoms with van der Waals surface area (Å²) in [4.78, 5) is 0. The van der Waals surface area contributed by atoms with Gasteiger partial charge in [-0.15, -0.1) is 0 Å². The van der Waals surface area contributed by atoms with Crippen molar-refractivity contribution in [3.8, 4) is 0 Å². The molecule has 4 N–H and O–H groups in total. The van der Waals surface area contributed by atoms with Gasteiger partial charge in [0.15, 0.2) is 0 Å². The van der Waals surface area contributed by atoms with E-state index in [1.54, 1.807) is 6.08 Å². The Morgan fingerprint density at radius 1 is 1.36 bits per heavy atom. The zero-order chi connectivity index (χ0) is 8.10. The number of piperazine rings is 1. The van der Waals surface area contributed by atoms with Gasteiger partial charge in [0.05, 0.1) is 11.4 Å². The lowest BCUT2D eigenvalue weighted by molar-refractivity contribution is 0.660. The topological polar surface area (TPSA) is 50.1 Å². The minimum atomic E-state index is 0.925. The van der Waals surface area contributed by atoms with Gasteiger partial charge in [0.1, 0.15) is 0 Å². The summed E-state index contributed by atoms with van der Waals surface area (Å²) in [5.41, 5.74) is 7.13. The molecule has 3 nitrogen and oxygen atoms in total. The molecule has 0 aromatic carbocycles. The van der Waals surface area contributed by atoms with Crippen LogP contribution in [0, 0.1) is 0 Å². The van der Waals surface area contributed by atoms with Crippen molar-refractivity contribution in [3.63, 3.8) is 0 Å². The van der Waals surface area contributed by atoms with Crippen LogP contribution in [0.5, 0.6) is 0 Å². The third kappa shape index (κ3) is 2.04. The summed E-state index contributed by atoms with van der Waals surface area (Å²) in [7, 11) is 0. The van der Waals surface area contributed by atoms with Crippen molar-refractivity contribution in [2.24, 2.45) is 5.73 Å². The molecular formula is C8H13N3. The van der Waals surface area contributed by atoms with Crippen molar-refractivity contribution >= 4 is 0 Å². The van der Waals surface area contributed by atoms with Gasteiger partial charge in [-0.3, -0.25) is 0 Å². The molecule has 0 saturated carbocycles. The molecule has 0 aromatic rings. The van der Waals surface area contributed by atoms with E-state index in [1.165, 1.54) is 6.20 Å². The summed E-state index contributed by atoms with van der Waals surface area (Å²) in [5.74, 6) is 0. The molecule has 0 unspecified atom stereocenters. The van der Waals surface area contributed by atoms with Crippen LogP contribution in [0.4, 0.5) is 0 Å². The second-order valence-electron chi connectivity index (χ2n) is 2.30. The Labute approximate surface area is 66.7 Å². The lowest BCUT2D eigenvalue weighted by atomic mass is 10.2. The summed E-state index contributed by atoms with van der Waals surface area (Å²) < 4.78 is 0. The third-order valence-electron chi connectivity index (χ3n) is 1.48. The highest BCUT2D eigenvalue weighted by Crippen LogP contribution is 2.03. The molecular weight excluding hydrogens is 138 g/mol. The van der Waals surface area contributed by atoms with Gasteiger partial charge in [0.2, 0.25) is 0 Å². The smallest absolute Gasteiger partial charge is 0.0570 e. The first-order valence-electron chi connectivity index (χ1n) is 3.60. The van der Waals surface area contributed by atoms with Gasteiger partial charge in [-0.1, -0.05) is 6.58 Å². The first-order valence-corrected chi connectivity index (χ1v) is 3.60. The molecule has 3 heteroatoms. The van der Waals surface area contributed by atoms with E-state index in [2.05, 4.69) is 17.2 Å². The number of nitrogens with one attached hydrogen (secondary N) is 2. The molecule has 0 aliphatic carbocycles. The summed E-state index contributed by atoms with van der Waals surface area (Å²) in [5, 5.41) is 6.34. The maximum absolute atomic E-state index is 5.19. The van der Waals surface area contributed by atoms with E-state index in [0.29, 0.717) is 0 Å². The largest absolute Gasteiger partial charge is 0.405 e. The van der Waals surface area contributed by atoms with Crippen molar-refractivity contribution in [1.82, 2.24) is 10.6 Å². The van der Waals surface area contributed by atoms with Crippen LogP contribution in [0.25, 0.3) is 0 Å². The van der Waals surface area contributed by atoms with Crippen molar-refractivity contribution in [2.75, 3.05) is 13.1 Å². The molecule has 1 aliphatic rings. The van der Waals surface area contributed by atoms with E-state index in [0.717, 1.165) is 24.5 Å². The van der Waals surface area contributed by atoms with E-state index < -0.39 is 0 Å². The van der Waals surface area contributed by atoms with Gasteiger partial charge in [-0.25, -0.2) is 0 Å². The molecule has 1 aliphatic heterocycles. The Morgan fingerprint density at radius 3 is 2.73 bits per heavy atom. The molecule has 1 saturated heterocycles. The average molecular weight is 151 g/mol. The maximum atomic E-state index is 5.19. The Morgan fingerprint density at radius 2 is 2.09 bits per heavy atom. The van der Waals surface area contributed by atoms with Gasteiger partial charge >= 0.3 is 0 Å². The Bertz CT molecular complexity index is 203. The highest BCUT2D eigenvalue weighted by atomic mass is 15.0. The first-order chi connectivity index (χ1) is 5.34. The van der Waals surface area contributed by atoms with Crippen LogP contribution in [-0.4, -0.2) is 13.1 Å². The highest BCUT2D eigenvalue weighted by molar-refractivity contribution is 5.30. The Hall–Kier alpha value is -1.38. The lowest BCUT2D eigenvalue weighted by Gasteiger charge is -2.20. The first kappa shape index (κ1) is 7.72. The van der Waals surface area contributed by atoms with Crippen LogP contribution in [0.3, 0.4) is 0 Å². The summed E-state index contributed by atoms with van der Waals surface area (Å²) in [6, 6.07) is 0. The van der Waals surface area contributed by atoms with Crippen LogP contribution in [0.2, 0.25) is 0 Å². The predicted molar refractivity (Wildman–Crippen MR) is 46.6 cm³/mol. The molecule has 60 valence electrons. The fourth-order valence-electron chi connectivity index (χ4n) is 0.924. The molecule has 1 rings (SSSR count). The van der Waals surface area contributed by atoms with Crippen LogP contribution in [0.1, 0.15) is 0 Å². The zero-order valence-corrected chi connectivity index (χ0v) is 6.43. The van der Waals surface area contributed by atoms with Crippen LogP contribution in [-0.2, 0) is 0 Å².